The minimum absolute atomic E-state index is 0.207. The number of carbonyl (C=O) groups excluding carboxylic acids is 2. The predicted octanol–water partition coefficient (Wildman–Crippen LogP) is 4.18. The normalized spacial score (nSPS) is 16.0. The summed E-state index contributed by atoms with van der Waals surface area (Å²) in [7, 11) is 0. The van der Waals surface area contributed by atoms with Crippen molar-refractivity contribution in [2.45, 2.75) is 25.8 Å². The molecule has 1 aliphatic rings. The number of ether oxygens (including phenoxy) is 1. The van der Waals surface area contributed by atoms with Crippen molar-refractivity contribution < 1.29 is 27.5 Å². The third-order valence-corrected chi connectivity index (χ3v) is 5.15. The van der Waals surface area contributed by atoms with Gasteiger partial charge in [-0.05, 0) is 55.2 Å². The Morgan fingerprint density at radius 1 is 1.19 bits per heavy atom. The van der Waals surface area contributed by atoms with Crippen LogP contribution < -0.4 is 5.32 Å². The van der Waals surface area contributed by atoms with Crippen molar-refractivity contribution in [3.05, 3.63) is 53.9 Å². The van der Waals surface area contributed by atoms with Crippen LogP contribution in [-0.2, 0) is 9.53 Å². The molecule has 9 heteroatoms. The van der Waals surface area contributed by atoms with Gasteiger partial charge in [0, 0.05) is 6.54 Å². The number of likely N-dealkylation sites (tertiary alicyclic amines) is 1. The maximum absolute atomic E-state index is 13.6. The molecule has 2 aromatic carbocycles. The van der Waals surface area contributed by atoms with Gasteiger partial charge in [0.1, 0.15) is 18.1 Å². The smallest absolute Gasteiger partial charge is 0.325 e. The molecule has 0 radical (unpaired) electrons. The van der Waals surface area contributed by atoms with Gasteiger partial charge in [0.15, 0.2) is 17.2 Å². The fourth-order valence-electron chi connectivity index (χ4n) is 3.67. The molecule has 3 aromatic rings. The van der Waals surface area contributed by atoms with Gasteiger partial charge in [-0.3, -0.25) is 4.79 Å². The molecule has 0 bridgehead atoms. The van der Waals surface area contributed by atoms with E-state index in [2.05, 4.69) is 10.3 Å². The summed E-state index contributed by atoms with van der Waals surface area (Å²) in [6.45, 7) is 2.25. The Kier molecular flexibility index (Phi) is 5.83. The van der Waals surface area contributed by atoms with E-state index >= 15 is 0 Å². The molecule has 1 atom stereocenters. The number of esters is 1. The highest BCUT2D eigenvalue weighted by Crippen LogP contribution is 2.34. The Morgan fingerprint density at radius 3 is 2.74 bits per heavy atom. The van der Waals surface area contributed by atoms with Gasteiger partial charge in [-0.15, -0.1) is 0 Å². The van der Waals surface area contributed by atoms with Gasteiger partial charge in [-0.2, -0.15) is 0 Å². The molecule has 7 nitrogen and oxygen atoms in total. The van der Waals surface area contributed by atoms with Crippen LogP contribution in [0.25, 0.3) is 22.2 Å². The van der Waals surface area contributed by atoms with Gasteiger partial charge in [0.25, 0.3) is 0 Å². The number of aromatic nitrogens is 1. The quantitative estimate of drug-likeness (QED) is 0.615. The lowest BCUT2D eigenvalue weighted by Gasteiger charge is -2.22. The molecule has 0 spiro atoms. The highest BCUT2D eigenvalue weighted by molar-refractivity contribution is 5.82. The number of hydrogen-bond donors (Lipinski definition) is 1. The molecule has 31 heavy (non-hydrogen) atoms. The molecule has 1 aliphatic heterocycles. The molecule has 2 amide bonds. The SMILES string of the molecule is CCOC(=O)CNC(=O)N1CCCC1c1nc2cc(-c3ccc(F)c(F)c3)ccc2o1. The highest BCUT2D eigenvalue weighted by Gasteiger charge is 2.33. The van der Waals surface area contributed by atoms with E-state index in [0.717, 1.165) is 18.6 Å². The number of oxazole rings is 1. The molecule has 0 aliphatic carbocycles. The first-order valence-electron chi connectivity index (χ1n) is 10.0. The van der Waals surface area contributed by atoms with E-state index in [0.29, 0.717) is 41.1 Å². The van der Waals surface area contributed by atoms with Crippen molar-refractivity contribution in [2.24, 2.45) is 0 Å². The first kappa shape index (κ1) is 20.8. The van der Waals surface area contributed by atoms with Gasteiger partial charge >= 0.3 is 12.0 Å². The largest absolute Gasteiger partial charge is 0.465 e. The standard InChI is InChI=1S/C22H21F2N3O4/c1-2-30-20(28)12-25-22(29)27-9-3-4-18(27)21-26-17-11-14(6-8-19(17)31-21)13-5-7-15(23)16(24)10-13/h5-8,10-11,18H,2-4,9,12H2,1H3,(H,25,29). The Morgan fingerprint density at radius 2 is 1.97 bits per heavy atom. The van der Waals surface area contributed by atoms with E-state index in [1.165, 1.54) is 6.07 Å². The van der Waals surface area contributed by atoms with Crippen LogP contribution >= 0.6 is 0 Å². The second-order valence-corrected chi connectivity index (χ2v) is 7.18. The van der Waals surface area contributed by atoms with Gasteiger partial charge in [0.05, 0.1) is 6.61 Å². The number of amides is 2. The van der Waals surface area contributed by atoms with Crippen LogP contribution in [-0.4, -0.2) is 41.6 Å². The van der Waals surface area contributed by atoms with Crippen LogP contribution in [0, 0.1) is 11.6 Å². The van der Waals surface area contributed by atoms with Crippen molar-refractivity contribution in [1.82, 2.24) is 15.2 Å². The Labute approximate surface area is 177 Å². The highest BCUT2D eigenvalue weighted by atomic mass is 19.2. The zero-order chi connectivity index (χ0) is 22.0. The maximum atomic E-state index is 13.6. The van der Waals surface area contributed by atoms with Gasteiger partial charge < -0.3 is 19.4 Å². The molecule has 2 heterocycles. The molecular formula is C22H21F2N3O4. The van der Waals surface area contributed by atoms with Crippen LogP contribution in [0.4, 0.5) is 13.6 Å². The number of hydrogen-bond acceptors (Lipinski definition) is 5. The Balaban J connectivity index is 1.54. The van der Waals surface area contributed by atoms with E-state index in [-0.39, 0.29) is 25.2 Å². The zero-order valence-corrected chi connectivity index (χ0v) is 16.9. The number of nitrogens with zero attached hydrogens (tertiary/aromatic N) is 2. The number of rotatable bonds is 5. The van der Waals surface area contributed by atoms with Crippen LogP contribution in [0.5, 0.6) is 0 Å². The number of carbonyl (C=O) groups is 2. The van der Waals surface area contributed by atoms with E-state index < -0.39 is 17.6 Å². The van der Waals surface area contributed by atoms with Crippen molar-refractivity contribution in [1.29, 1.82) is 0 Å². The summed E-state index contributed by atoms with van der Waals surface area (Å²) in [6, 6.07) is 8.13. The Bertz CT molecular complexity index is 1130. The van der Waals surface area contributed by atoms with Gasteiger partial charge in [-0.25, -0.2) is 18.6 Å². The lowest BCUT2D eigenvalue weighted by molar-refractivity contribution is -0.141. The number of fused-ring (bicyclic) bond motifs is 1. The van der Waals surface area contributed by atoms with Crippen LogP contribution in [0.15, 0.2) is 40.8 Å². The van der Waals surface area contributed by atoms with Crippen LogP contribution in [0.2, 0.25) is 0 Å². The van der Waals surface area contributed by atoms with E-state index in [1.54, 1.807) is 30.0 Å². The fraction of sp³-hybridized carbons (Fsp3) is 0.318. The van der Waals surface area contributed by atoms with Gasteiger partial charge in [0.2, 0.25) is 5.89 Å². The van der Waals surface area contributed by atoms with E-state index in [9.17, 15) is 18.4 Å². The summed E-state index contributed by atoms with van der Waals surface area (Å²) >= 11 is 0. The minimum atomic E-state index is -0.922. The minimum Gasteiger partial charge on any atom is -0.465 e. The predicted molar refractivity (Wildman–Crippen MR) is 108 cm³/mol. The molecule has 1 aromatic heterocycles. The molecular weight excluding hydrogens is 408 g/mol. The monoisotopic (exact) mass is 429 g/mol. The van der Waals surface area contributed by atoms with E-state index in [1.807, 2.05) is 0 Å². The van der Waals surface area contributed by atoms with Crippen LogP contribution in [0.3, 0.4) is 0 Å². The number of halogens is 2. The number of urea groups is 1. The average Bonchev–Trinajstić information content (AvgIpc) is 3.40. The summed E-state index contributed by atoms with van der Waals surface area (Å²) in [5.74, 6) is -1.94. The fourth-order valence-corrected chi connectivity index (χ4v) is 3.67. The summed E-state index contributed by atoms with van der Waals surface area (Å²) in [6.07, 6.45) is 1.45. The molecule has 162 valence electrons. The van der Waals surface area contributed by atoms with Crippen molar-refractivity contribution in [3.63, 3.8) is 0 Å². The first-order chi connectivity index (χ1) is 15.0. The number of benzene rings is 2. The third kappa shape index (κ3) is 4.35. The number of nitrogens with one attached hydrogen (secondary N) is 1. The molecule has 1 N–H and O–H groups in total. The summed E-state index contributed by atoms with van der Waals surface area (Å²) in [5.41, 5.74) is 2.27. The summed E-state index contributed by atoms with van der Waals surface area (Å²) in [5, 5.41) is 2.56. The van der Waals surface area contributed by atoms with E-state index in [4.69, 9.17) is 9.15 Å². The summed E-state index contributed by atoms with van der Waals surface area (Å²) in [4.78, 5) is 30.1. The van der Waals surface area contributed by atoms with Gasteiger partial charge in [-0.1, -0.05) is 12.1 Å². The Hall–Kier alpha value is -3.49. The lowest BCUT2D eigenvalue weighted by atomic mass is 10.1. The molecule has 1 saturated heterocycles. The maximum Gasteiger partial charge on any atom is 0.325 e. The molecule has 1 fully saturated rings. The molecule has 1 unspecified atom stereocenters. The van der Waals surface area contributed by atoms with Crippen LogP contribution in [0.1, 0.15) is 31.7 Å². The second kappa shape index (κ2) is 8.71. The average molecular weight is 429 g/mol. The van der Waals surface area contributed by atoms with Crippen molar-refractivity contribution in [3.8, 4) is 11.1 Å². The van der Waals surface area contributed by atoms with Crippen molar-refractivity contribution >= 4 is 23.1 Å². The first-order valence-corrected chi connectivity index (χ1v) is 10.0. The molecule has 4 rings (SSSR count). The lowest BCUT2D eigenvalue weighted by Crippen LogP contribution is -2.42. The topological polar surface area (TPSA) is 84.7 Å². The third-order valence-electron chi connectivity index (χ3n) is 5.15. The molecule has 0 saturated carbocycles. The zero-order valence-electron chi connectivity index (χ0n) is 16.9. The summed E-state index contributed by atoms with van der Waals surface area (Å²) < 4.78 is 37.5. The second-order valence-electron chi connectivity index (χ2n) is 7.18. The van der Waals surface area contributed by atoms with Crippen molar-refractivity contribution in [2.75, 3.05) is 19.7 Å².